The largest absolute Gasteiger partial charge is 0.354 e. The highest BCUT2D eigenvalue weighted by Gasteiger charge is 2.47. The molecule has 2 aliphatic heterocycles. The lowest BCUT2D eigenvalue weighted by atomic mass is 10.0. The molecule has 4 aromatic rings. The molecule has 0 aliphatic carbocycles. The molecule has 0 aromatic heterocycles. The molecule has 2 fully saturated rings. The second-order valence-electron chi connectivity index (χ2n) is 9.89. The van der Waals surface area contributed by atoms with E-state index in [1.54, 1.807) is 11.1 Å². The van der Waals surface area contributed by atoms with Gasteiger partial charge in [-0.3, -0.25) is 0 Å². The Kier molecular flexibility index (Phi) is 8.43. The van der Waals surface area contributed by atoms with Crippen molar-refractivity contribution < 1.29 is 4.57 Å². The summed E-state index contributed by atoms with van der Waals surface area (Å²) in [6.45, 7) is 2.48. The maximum absolute atomic E-state index is 12.7. The van der Waals surface area contributed by atoms with Crippen LogP contribution in [0.3, 0.4) is 0 Å². The maximum Gasteiger partial charge on any atom is 0.354 e. The Morgan fingerprint density at radius 1 is 0.500 bits per heavy atom. The van der Waals surface area contributed by atoms with Crippen LogP contribution in [0.4, 0.5) is 0 Å². The fourth-order valence-corrected chi connectivity index (χ4v) is 10.9. The van der Waals surface area contributed by atoms with Crippen molar-refractivity contribution in [2.75, 3.05) is 6.66 Å². The van der Waals surface area contributed by atoms with Crippen molar-refractivity contribution >= 4 is 15.7 Å². The van der Waals surface area contributed by atoms with Crippen molar-refractivity contribution in [1.29, 1.82) is 0 Å². The molecule has 0 saturated carbocycles. The second-order valence-corrected chi connectivity index (χ2v) is 14.4. The lowest BCUT2D eigenvalue weighted by Gasteiger charge is -2.22. The summed E-state index contributed by atoms with van der Waals surface area (Å²) in [5.74, 6) is 0. The lowest BCUT2D eigenvalue weighted by molar-refractivity contribution is 0.581. The molecule has 2 saturated heterocycles. The topological polar surface area (TPSA) is 17.1 Å². The zero-order valence-corrected chi connectivity index (χ0v) is 22.8. The van der Waals surface area contributed by atoms with Crippen molar-refractivity contribution in [1.82, 2.24) is 0 Å². The SMILES string of the molecule is CP1C(c2ccccc2)CC[C@H]1c1ccccc1.O=[P+]1C(c2ccccc2)CC[C@H]1c1ccccc1. The number of hydrogen-bond donors (Lipinski definition) is 0. The van der Waals surface area contributed by atoms with E-state index in [0.717, 1.165) is 24.2 Å². The van der Waals surface area contributed by atoms with Crippen molar-refractivity contribution in [2.24, 2.45) is 0 Å². The van der Waals surface area contributed by atoms with Crippen LogP contribution in [0, 0.1) is 0 Å². The minimum atomic E-state index is -1.19. The van der Waals surface area contributed by atoms with E-state index >= 15 is 0 Å². The maximum atomic E-state index is 12.7. The van der Waals surface area contributed by atoms with Gasteiger partial charge in [-0.1, -0.05) is 134 Å². The summed E-state index contributed by atoms with van der Waals surface area (Å²) in [5.41, 5.74) is 7.64. The highest BCUT2D eigenvalue weighted by Crippen LogP contribution is 2.68. The molecule has 3 heteroatoms. The molecule has 0 spiro atoms. The van der Waals surface area contributed by atoms with Gasteiger partial charge < -0.3 is 0 Å². The second kappa shape index (κ2) is 12.1. The summed E-state index contributed by atoms with van der Waals surface area (Å²) in [7, 11) is -1.14. The van der Waals surface area contributed by atoms with Gasteiger partial charge in [-0.05, 0) is 30.6 Å². The van der Waals surface area contributed by atoms with E-state index in [-0.39, 0.29) is 19.2 Å². The minimum Gasteiger partial charge on any atom is -0.0945 e. The van der Waals surface area contributed by atoms with Crippen LogP contribution in [-0.4, -0.2) is 6.66 Å². The summed E-state index contributed by atoms with van der Waals surface area (Å²) in [6.07, 6.45) is 4.79. The smallest absolute Gasteiger partial charge is 0.0945 e. The van der Waals surface area contributed by atoms with Crippen LogP contribution in [0.1, 0.15) is 70.6 Å². The molecule has 36 heavy (non-hydrogen) atoms. The first kappa shape index (κ1) is 25.1. The first-order valence-corrected chi connectivity index (χ1v) is 16.4. The average Bonchev–Trinajstić information content (AvgIpc) is 3.53. The van der Waals surface area contributed by atoms with E-state index in [1.165, 1.54) is 24.0 Å². The summed E-state index contributed by atoms with van der Waals surface area (Å²) in [4.78, 5) is 0. The molecule has 0 amide bonds. The summed E-state index contributed by atoms with van der Waals surface area (Å²) in [6, 6.07) is 42.7. The normalized spacial score (nSPS) is 26.2. The van der Waals surface area contributed by atoms with Crippen molar-refractivity contribution in [3.8, 4) is 0 Å². The zero-order valence-electron chi connectivity index (χ0n) is 21.0. The third kappa shape index (κ3) is 5.70. The van der Waals surface area contributed by atoms with E-state index in [4.69, 9.17) is 0 Å². The van der Waals surface area contributed by atoms with Crippen LogP contribution in [0.15, 0.2) is 121 Å². The summed E-state index contributed by atoms with van der Waals surface area (Å²) in [5, 5.41) is 0. The monoisotopic (exact) mass is 509 g/mol. The molecular formula is C33H35OP2+. The van der Waals surface area contributed by atoms with Crippen molar-refractivity contribution in [2.45, 2.75) is 48.3 Å². The molecule has 0 bridgehead atoms. The highest BCUT2D eigenvalue weighted by atomic mass is 31.1. The molecular weight excluding hydrogens is 474 g/mol. The Labute approximate surface area is 218 Å². The van der Waals surface area contributed by atoms with Crippen LogP contribution in [0.5, 0.6) is 0 Å². The average molecular weight is 510 g/mol. The molecule has 1 nitrogen and oxygen atoms in total. The van der Waals surface area contributed by atoms with Crippen LogP contribution >= 0.6 is 15.7 Å². The van der Waals surface area contributed by atoms with Crippen molar-refractivity contribution in [3.63, 3.8) is 0 Å². The molecule has 0 N–H and O–H groups in total. The summed E-state index contributed by atoms with van der Waals surface area (Å²) < 4.78 is 12.7. The molecule has 6 atom stereocenters. The molecule has 4 aromatic carbocycles. The molecule has 2 aliphatic rings. The Bertz CT molecular complexity index is 1130. The predicted molar refractivity (Wildman–Crippen MR) is 156 cm³/mol. The Balaban J connectivity index is 0.000000148. The first-order valence-electron chi connectivity index (χ1n) is 13.1. The van der Waals surface area contributed by atoms with Crippen LogP contribution < -0.4 is 0 Å². The Morgan fingerprint density at radius 2 is 0.806 bits per heavy atom. The zero-order chi connectivity index (χ0) is 24.7. The van der Waals surface area contributed by atoms with Crippen LogP contribution in [0.25, 0.3) is 0 Å². The number of hydrogen-bond acceptors (Lipinski definition) is 1. The minimum absolute atomic E-state index is 0.0556. The van der Waals surface area contributed by atoms with Gasteiger partial charge in [0.1, 0.15) is 0 Å². The van der Waals surface area contributed by atoms with E-state index in [0.29, 0.717) is 0 Å². The van der Waals surface area contributed by atoms with Gasteiger partial charge in [0, 0.05) is 35.3 Å². The van der Waals surface area contributed by atoms with Gasteiger partial charge >= 0.3 is 7.80 Å². The number of rotatable bonds is 4. The fraction of sp³-hybridized carbons (Fsp3) is 0.273. The van der Waals surface area contributed by atoms with Crippen LogP contribution in [0.2, 0.25) is 0 Å². The predicted octanol–water partition coefficient (Wildman–Crippen LogP) is 10.5. The molecule has 2 heterocycles. The molecule has 6 rings (SSSR count). The third-order valence-electron chi connectivity index (χ3n) is 7.76. The van der Waals surface area contributed by atoms with Gasteiger partial charge in [-0.15, -0.1) is 0 Å². The standard InChI is InChI=1S/C17H19P.C16H16OP/c1-18-16(14-8-4-2-5-9-14)12-13-17(18)15-10-6-3-7-11-15;17-18-15(13-7-3-1-4-8-13)11-12-16(18)14-9-5-2-6-10-14/h2-11,16-17H,12-13H2,1H3;1-10,15-16H,11-12H2/q;+1/t16-,17?,18?;15-,16?/m00/s1. The molecule has 4 unspecified atom stereocenters. The van der Waals surface area contributed by atoms with Gasteiger partial charge in [-0.25, -0.2) is 0 Å². The lowest BCUT2D eigenvalue weighted by Crippen LogP contribution is -1.92. The third-order valence-corrected chi connectivity index (χ3v) is 13.2. The van der Waals surface area contributed by atoms with Gasteiger partial charge in [0.2, 0.25) is 0 Å². The van der Waals surface area contributed by atoms with E-state index < -0.39 is 7.80 Å². The van der Waals surface area contributed by atoms with E-state index in [2.05, 4.69) is 91.6 Å². The number of benzene rings is 4. The van der Waals surface area contributed by atoms with E-state index in [1.807, 2.05) is 36.4 Å². The van der Waals surface area contributed by atoms with Gasteiger partial charge in [0.05, 0.1) is 0 Å². The molecule has 182 valence electrons. The van der Waals surface area contributed by atoms with Gasteiger partial charge in [-0.2, -0.15) is 0 Å². The Hall–Kier alpha value is -2.59. The van der Waals surface area contributed by atoms with Gasteiger partial charge in [0.25, 0.3) is 0 Å². The van der Waals surface area contributed by atoms with Gasteiger partial charge in [0.15, 0.2) is 11.3 Å². The molecule has 0 radical (unpaired) electrons. The van der Waals surface area contributed by atoms with Crippen molar-refractivity contribution in [3.05, 3.63) is 144 Å². The quantitative estimate of drug-likeness (QED) is 0.250. The fourth-order valence-electron chi connectivity index (χ4n) is 5.86. The first-order chi connectivity index (χ1) is 17.7. The highest BCUT2D eigenvalue weighted by molar-refractivity contribution is 7.58. The summed E-state index contributed by atoms with van der Waals surface area (Å²) >= 11 is 0. The Morgan fingerprint density at radius 3 is 1.14 bits per heavy atom. The van der Waals surface area contributed by atoms with Crippen LogP contribution in [-0.2, 0) is 4.57 Å². The van der Waals surface area contributed by atoms with E-state index in [9.17, 15) is 4.57 Å².